The summed E-state index contributed by atoms with van der Waals surface area (Å²) in [4.78, 5) is 28.3. The number of rotatable bonds is 10. The SMILES string of the molecule is COc1ccc(C(=O)Nc2ccc(F)c(F)c2)cc1NS(=O)(=O)NC(=O)OCCCc1ccncc1. The summed E-state index contributed by atoms with van der Waals surface area (Å²) >= 11 is 0. The van der Waals surface area contributed by atoms with E-state index in [4.69, 9.17) is 9.47 Å². The number of methoxy groups -OCH3 is 1. The molecule has 13 heteroatoms. The fourth-order valence-electron chi connectivity index (χ4n) is 3.01. The van der Waals surface area contributed by atoms with Gasteiger partial charge in [0.25, 0.3) is 5.91 Å². The van der Waals surface area contributed by atoms with Gasteiger partial charge in [-0.2, -0.15) is 8.42 Å². The molecule has 2 amide bonds. The number of halogens is 2. The molecule has 0 radical (unpaired) electrons. The Labute approximate surface area is 205 Å². The highest BCUT2D eigenvalue weighted by Crippen LogP contribution is 2.27. The normalized spacial score (nSPS) is 10.9. The lowest BCUT2D eigenvalue weighted by Crippen LogP contribution is -2.36. The standard InChI is InChI=1S/C23H22F2N4O6S/c1-34-21-7-4-16(22(30)27-17-5-6-18(24)19(25)14-17)13-20(21)28-36(32,33)29-23(31)35-12-2-3-15-8-10-26-11-9-15/h4-11,13-14,28H,2-3,12H2,1H3,(H,27,30)(H,29,31). The van der Waals surface area contributed by atoms with E-state index in [1.165, 1.54) is 19.2 Å². The van der Waals surface area contributed by atoms with Crippen LogP contribution in [0.2, 0.25) is 0 Å². The molecule has 3 rings (SSSR count). The fourth-order valence-corrected chi connectivity index (χ4v) is 3.78. The average molecular weight is 521 g/mol. The molecule has 1 heterocycles. The van der Waals surface area contributed by atoms with Crippen LogP contribution in [0, 0.1) is 11.6 Å². The second-order valence-corrected chi connectivity index (χ2v) is 8.72. The summed E-state index contributed by atoms with van der Waals surface area (Å²) in [7, 11) is -3.18. The van der Waals surface area contributed by atoms with Crippen molar-refractivity contribution in [2.24, 2.45) is 0 Å². The molecule has 190 valence electrons. The maximum absolute atomic E-state index is 13.4. The van der Waals surface area contributed by atoms with Crippen LogP contribution in [0.5, 0.6) is 5.75 Å². The molecule has 0 saturated carbocycles. The number of hydrogen-bond donors (Lipinski definition) is 3. The summed E-state index contributed by atoms with van der Waals surface area (Å²) < 4.78 is 65.1. The van der Waals surface area contributed by atoms with E-state index in [2.05, 4.69) is 15.0 Å². The van der Waals surface area contributed by atoms with Gasteiger partial charge in [0.2, 0.25) is 0 Å². The Bertz CT molecular complexity index is 1340. The summed E-state index contributed by atoms with van der Waals surface area (Å²) in [5, 5.41) is 2.37. The molecule has 0 bridgehead atoms. The number of amides is 2. The Morgan fingerprint density at radius 1 is 1.00 bits per heavy atom. The Hall–Kier alpha value is -4.26. The molecule has 0 aliphatic rings. The van der Waals surface area contributed by atoms with E-state index >= 15 is 0 Å². The molecule has 1 aromatic heterocycles. The predicted octanol–water partition coefficient (Wildman–Crippen LogP) is 3.64. The third kappa shape index (κ3) is 7.63. The molecule has 10 nitrogen and oxygen atoms in total. The smallest absolute Gasteiger partial charge is 0.422 e. The number of hydrogen-bond acceptors (Lipinski definition) is 7. The average Bonchev–Trinajstić information content (AvgIpc) is 2.84. The van der Waals surface area contributed by atoms with E-state index < -0.39 is 33.8 Å². The van der Waals surface area contributed by atoms with Crippen molar-refractivity contribution in [1.29, 1.82) is 0 Å². The van der Waals surface area contributed by atoms with Gasteiger partial charge in [0.05, 0.1) is 19.4 Å². The van der Waals surface area contributed by atoms with Crippen molar-refractivity contribution in [3.05, 3.63) is 83.7 Å². The first-order valence-corrected chi connectivity index (χ1v) is 12.0. The van der Waals surface area contributed by atoms with Crippen LogP contribution in [-0.2, 0) is 21.4 Å². The molecule has 0 spiro atoms. The van der Waals surface area contributed by atoms with Gasteiger partial charge in [-0.3, -0.25) is 14.5 Å². The minimum absolute atomic E-state index is 0.00908. The van der Waals surface area contributed by atoms with Crippen LogP contribution in [0.1, 0.15) is 22.3 Å². The highest BCUT2D eigenvalue weighted by atomic mass is 32.2. The van der Waals surface area contributed by atoms with Crippen molar-refractivity contribution in [2.75, 3.05) is 23.8 Å². The first-order valence-electron chi connectivity index (χ1n) is 10.5. The molecule has 0 saturated heterocycles. The second-order valence-electron chi connectivity index (χ2n) is 7.30. The first-order chi connectivity index (χ1) is 17.2. The molecular weight excluding hydrogens is 498 g/mol. The largest absolute Gasteiger partial charge is 0.495 e. The molecule has 0 atom stereocenters. The summed E-state index contributed by atoms with van der Waals surface area (Å²) in [6, 6.07) is 10.2. The van der Waals surface area contributed by atoms with Crippen molar-refractivity contribution in [2.45, 2.75) is 12.8 Å². The lowest BCUT2D eigenvalue weighted by Gasteiger charge is -2.14. The molecule has 0 aliphatic carbocycles. The number of benzene rings is 2. The Morgan fingerprint density at radius 3 is 2.44 bits per heavy atom. The Balaban J connectivity index is 1.60. The molecule has 3 N–H and O–H groups in total. The number of nitrogens with zero attached hydrogens (tertiary/aromatic N) is 1. The maximum Gasteiger partial charge on any atom is 0.422 e. The van der Waals surface area contributed by atoms with Gasteiger partial charge in [-0.1, -0.05) is 0 Å². The van der Waals surface area contributed by atoms with E-state index in [1.54, 1.807) is 17.1 Å². The number of pyridine rings is 1. The quantitative estimate of drug-likeness (QED) is 0.347. The van der Waals surface area contributed by atoms with Crippen LogP contribution >= 0.6 is 0 Å². The zero-order valence-corrected chi connectivity index (χ0v) is 19.8. The topological polar surface area (TPSA) is 136 Å². The number of carbonyl (C=O) groups excluding carboxylic acids is 2. The zero-order valence-electron chi connectivity index (χ0n) is 19.0. The minimum Gasteiger partial charge on any atom is -0.495 e. The molecule has 2 aromatic carbocycles. The number of carbonyl (C=O) groups is 2. The number of aryl methyl sites for hydroxylation is 1. The van der Waals surface area contributed by atoms with Gasteiger partial charge in [-0.05, 0) is 60.9 Å². The lowest BCUT2D eigenvalue weighted by molar-refractivity contribution is 0.102. The van der Waals surface area contributed by atoms with E-state index in [9.17, 15) is 26.8 Å². The third-order valence-electron chi connectivity index (χ3n) is 4.69. The molecule has 3 aromatic rings. The van der Waals surface area contributed by atoms with Crippen molar-refractivity contribution < 1.29 is 36.3 Å². The fraction of sp³-hybridized carbons (Fsp3) is 0.174. The maximum atomic E-state index is 13.4. The number of ether oxygens (including phenoxy) is 2. The highest BCUT2D eigenvalue weighted by Gasteiger charge is 2.19. The van der Waals surface area contributed by atoms with Gasteiger partial charge in [0, 0.05) is 29.7 Å². The van der Waals surface area contributed by atoms with E-state index in [0.29, 0.717) is 12.8 Å². The van der Waals surface area contributed by atoms with E-state index in [1.807, 2.05) is 12.1 Å². The monoisotopic (exact) mass is 520 g/mol. The molecule has 0 aliphatic heterocycles. The summed E-state index contributed by atoms with van der Waals surface area (Å²) in [6.45, 7) is -0.0212. The molecular formula is C23H22F2N4O6S. The van der Waals surface area contributed by atoms with Crippen LogP contribution in [-0.4, -0.2) is 39.1 Å². The van der Waals surface area contributed by atoms with Gasteiger partial charge in [-0.25, -0.2) is 18.3 Å². The Morgan fingerprint density at radius 2 is 1.75 bits per heavy atom. The minimum atomic E-state index is -4.45. The first kappa shape index (κ1) is 26.3. The van der Waals surface area contributed by atoms with Gasteiger partial charge in [0.15, 0.2) is 11.6 Å². The van der Waals surface area contributed by atoms with Crippen LogP contribution < -0.4 is 19.5 Å². The summed E-state index contributed by atoms with van der Waals surface area (Å²) in [5.74, 6) is -2.90. The zero-order chi connectivity index (χ0) is 26.1. The molecule has 36 heavy (non-hydrogen) atoms. The number of anilines is 2. The second kappa shape index (κ2) is 11.9. The van der Waals surface area contributed by atoms with Crippen molar-refractivity contribution in [3.63, 3.8) is 0 Å². The van der Waals surface area contributed by atoms with Gasteiger partial charge in [0.1, 0.15) is 5.75 Å². The number of nitrogens with one attached hydrogen (secondary N) is 3. The lowest BCUT2D eigenvalue weighted by atomic mass is 10.1. The third-order valence-corrected chi connectivity index (χ3v) is 5.62. The highest BCUT2D eigenvalue weighted by molar-refractivity contribution is 7.91. The van der Waals surface area contributed by atoms with Crippen LogP contribution in [0.4, 0.5) is 25.0 Å². The van der Waals surface area contributed by atoms with E-state index in [0.717, 1.165) is 29.8 Å². The van der Waals surface area contributed by atoms with Crippen LogP contribution in [0.15, 0.2) is 60.9 Å². The van der Waals surface area contributed by atoms with Crippen molar-refractivity contribution in [1.82, 2.24) is 9.71 Å². The van der Waals surface area contributed by atoms with Gasteiger partial charge in [-0.15, -0.1) is 0 Å². The Kier molecular flexibility index (Phi) is 8.73. The molecule has 0 unspecified atom stereocenters. The van der Waals surface area contributed by atoms with Crippen molar-refractivity contribution >= 4 is 33.6 Å². The van der Waals surface area contributed by atoms with Crippen molar-refractivity contribution in [3.8, 4) is 5.75 Å². The number of aromatic nitrogens is 1. The predicted molar refractivity (Wildman–Crippen MR) is 127 cm³/mol. The van der Waals surface area contributed by atoms with Gasteiger partial charge >= 0.3 is 16.3 Å². The summed E-state index contributed by atoms with van der Waals surface area (Å²) in [5.41, 5.74) is 0.791. The van der Waals surface area contributed by atoms with E-state index in [-0.39, 0.29) is 29.3 Å². The van der Waals surface area contributed by atoms with Crippen LogP contribution in [0.3, 0.4) is 0 Å². The molecule has 0 fully saturated rings. The van der Waals surface area contributed by atoms with Crippen LogP contribution in [0.25, 0.3) is 0 Å². The summed E-state index contributed by atoms with van der Waals surface area (Å²) in [6.07, 6.45) is 3.15. The van der Waals surface area contributed by atoms with Gasteiger partial charge < -0.3 is 14.8 Å².